The first kappa shape index (κ1) is 13.5. The molecule has 0 aromatic carbocycles. The topological polar surface area (TPSA) is 81.2 Å². The number of imidazole rings is 1. The average Bonchev–Trinajstić information content (AvgIpc) is 2.87. The van der Waals surface area contributed by atoms with E-state index in [0.717, 1.165) is 6.42 Å². The van der Waals surface area contributed by atoms with Crippen molar-refractivity contribution in [1.82, 2.24) is 13.9 Å². The standard InChI is InChI=1S/C11H20N4O2S/c1-8(12)10-4-5-15(6-10)18(16,17)11-7-14(3)9(2)13-11/h7-8,10H,4-6,12H2,1-3H3. The van der Waals surface area contributed by atoms with Gasteiger partial charge in [-0.25, -0.2) is 13.4 Å². The molecule has 0 spiro atoms. The Balaban J connectivity index is 2.23. The van der Waals surface area contributed by atoms with Gasteiger partial charge >= 0.3 is 0 Å². The molecule has 2 atom stereocenters. The number of nitrogens with two attached hydrogens (primary N) is 1. The predicted molar refractivity (Wildman–Crippen MR) is 68.5 cm³/mol. The molecule has 18 heavy (non-hydrogen) atoms. The minimum atomic E-state index is -3.46. The summed E-state index contributed by atoms with van der Waals surface area (Å²) in [6, 6.07) is 0.0238. The molecule has 0 radical (unpaired) electrons. The Morgan fingerprint density at radius 2 is 2.22 bits per heavy atom. The van der Waals surface area contributed by atoms with Crippen LogP contribution in [0.1, 0.15) is 19.2 Å². The van der Waals surface area contributed by atoms with Crippen molar-refractivity contribution in [2.75, 3.05) is 13.1 Å². The predicted octanol–water partition coefficient (Wildman–Crippen LogP) is 0.0863. The summed E-state index contributed by atoms with van der Waals surface area (Å²) in [5.74, 6) is 0.932. The van der Waals surface area contributed by atoms with E-state index >= 15 is 0 Å². The van der Waals surface area contributed by atoms with Crippen LogP contribution in [-0.2, 0) is 17.1 Å². The SMILES string of the molecule is Cc1nc(S(=O)(=O)N2CCC(C(C)N)C2)cn1C. The summed E-state index contributed by atoms with van der Waals surface area (Å²) in [7, 11) is -1.67. The molecule has 1 saturated heterocycles. The van der Waals surface area contributed by atoms with E-state index in [2.05, 4.69) is 4.98 Å². The van der Waals surface area contributed by atoms with Gasteiger partial charge in [0.15, 0.2) is 5.03 Å². The molecule has 2 N–H and O–H groups in total. The second kappa shape index (κ2) is 4.64. The van der Waals surface area contributed by atoms with E-state index in [1.54, 1.807) is 24.7 Å². The molecule has 2 rings (SSSR count). The molecule has 1 aliphatic rings. The lowest BCUT2D eigenvalue weighted by molar-refractivity contribution is 0.427. The fraction of sp³-hybridized carbons (Fsp3) is 0.727. The minimum Gasteiger partial charge on any atom is -0.337 e. The van der Waals surface area contributed by atoms with Gasteiger partial charge in [-0.3, -0.25) is 0 Å². The van der Waals surface area contributed by atoms with E-state index in [1.165, 1.54) is 4.31 Å². The van der Waals surface area contributed by atoms with Crippen LogP contribution in [0.25, 0.3) is 0 Å². The van der Waals surface area contributed by atoms with Gasteiger partial charge < -0.3 is 10.3 Å². The smallest absolute Gasteiger partial charge is 0.262 e. The Hall–Kier alpha value is -0.920. The number of nitrogens with zero attached hydrogens (tertiary/aromatic N) is 3. The molecule has 0 saturated carbocycles. The monoisotopic (exact) mass is 272 g/mol. The molecule has 1 fully saturated rings. The Bertz CT molecular complexity index is 516. The Labute approximate surface area is 108 Å². The van der Waals surface area contributed by atoms with Crippen molar-refractivity contribution < 1.29 is 8.42 Å². The lowest BCUT2D eigenvalue weighted by Gasteiger charge is -2.16. The molecule has 6 nitrogen and oxygen atoms in total. The second-order valence-corrected chi connectivity index (χ2v) is 6.89. The third-order valence-corrected chi connectivity index (χ3v) is 5.36. The fourth-order valence-corrected chi connectivity index (χ4v) is 3.72. The molecule has 1 aromatic rings. The molecular formula is C11H20N4O2S. The van der Waals surface area contributed by atoms with Gasteiger partial charge in [0.2, 0.25) is 0 Å². The number of rotatable bonds is 3. The minimum absolute atomic E-state index is 0.0238. The summed E-state index contributed by atoms with van der Waals surface area (Å²) in [5.41, 5.74) is 5.83. The number of aromatic nitrogens is 2. The molecule has 1 aromatic heterocycles. The van der Waals surface area contributed by atoms with E-state index in [4.69, 9.17) is 5.73 Å². The second-order valence-electron chi connectivity index (χ2n) is 5.01. The van der Waals surface area contributed by atoms with Crippen LogP contribution in [0.5, 0.6) is 0 Å². The zero-order valence-electron chi connectivity index (χ0n) is 11.0. The van der Waals surface area contributed by atoms with Gasteiger partial charge in [-0.1, -0.05) is 0 Å². The third-order valence-electron chi connectivity index (χ3n) is 3.62. The average molecular weight is 272 g/mol. The van der Waals surface area contributed by atoms with E-state index < -0.39 is 10.0 Å². The van der Waals surface area contributed by atoms with Gasteiger partial charge in [0, 0.05) is 32.4 Å². The van der Waals surface area contributed by atoms with Crippen LogP contribution in [0.3, 0.4) is 0 Å². The first-order valence-corrected chi connectivity index (χ1v) is 7.52. The van der Waals surface area contributed by atoms with E-state index in [-0.39, 0.29) is 17.0 Å². The van der Waals surface area contributed by atoms with Crippen LogP contribution in [0.15, 0.2) is 11.2 Å². The van der Waals surface area contributed by atoms with E-state index in [0.29, 0.717) is 18.9 Å². The quantitative estimate of drug-likeness (QED) is 0.845. The van der Waals surface area contributed by atoms with Gasteiger partial charge in [0.05, 0.1) is 0 Å². The summed E-state index contributed by atoms with van der Waals surface area (Å²) < 4.78 is 28.0. The lowest BCUT2D eigenvalue weighted by atomic mass is 10.0. The van der Waals surface area contributed by atoms with Crippen molar-refractivity contribution in [2.45, 2.75) is 31.3 Å². The van der Waals surface area contributed by atoms with Crippen molar-refractivity contribution in [3.63, 3.8) is 0 Å². The van der Waals surface area contributed by atoms with Gasteiger partial charge in [0.1, 0.15) is 5.82 Å². The molecule has 0 bridgehead atoms. The number of aryl methyl sites for hydroxylation is 2. The van der Waals surface area contributed by atoms with Crippen LogP contribution < -0.4 is 5.73 Å². The Morgan fingerprint density at radius 1 is 1.56 bits per heavy atom. The van der Waals surface area contributed by atoms with Crippen molar-refractivity contribution in [2.24, 2.45) is 18.7 Å². The van der Waals surface area contributed by atoms with E-state index in [9.17, 15) is 8.42 Å². The zero-order valence-corrected chi connectivity index (χ0v) is 11.8. The maximum absolute atomic E-state index is 12.4. The van der Waals surface area contributed by atoms with Crippen LogP contribution in [0.2, 0.25) is 0 Å². The summed E-state index contributed by atoms with van der Waals surface area (Å²) in [5, 5.41) is 0.132. The number of hydrogen-bond donors (Lipinski definition) is 1. The molecule has 1 aliphatic heterocycles. The normalized spacial score (nSPS) is 23.4. The molecule has 0 aliphatic carbocycles. The first-order valence-electron chi connectivity index (χ1n) is 6.08. The highest BCUT2D eigenvalue weighted by molar-refractivity contribution is 7.89. The zero-order chi connectivity index (χ0) is 13.5. The van der Waals surface area contributed by atoms with Crippen LogP contribution in [0.4, 0.5) is 0 Å². The molecule has 7 heteroatoms. The van der Waals surface area contributed by atoms with Crippen molar-refractivity contribution in [1.29, 1.82) is 0 Å². The van der Waals surface area contributed by atoms with Gasteiger partial charge in [-0.05, 0) is 26.2 Å². The molecule has 0 amide bonds. The highest BCUT2D eigenvalue weighted by Gasteiger charge is 2.35. The van der Waals surface area contributed by atoms with Crippen molar-refractivity contribution >= 4 is 10.0 Å². The lowest BCUT2D eigenvalue weighted by Crippen LogP contribution is -2.33. The van der Waals surface area contributed by atoms with Crippen LogP contribution in [-0.4, -0.2) is 41.4 Å². The van der Waals surface area contributed by atoms with E-state index in [1.807, 2.05) is 6.92 Å². The molecule has 2 heterocycles. The molecule has 102 valence electrons. The molecular weight excluding hydrogens is 252 g/mol. The van der Waals surface area contributed by atoms with Gasteiger partial charge in [0.25, 0.3) is 10.0 Å². The van der Waals surface area contributed by atoms with Crippen molar-refractivity contribution in [3.05, 3.63) is 12.0 Å². The van der Waals surface area contributed by atoms with Gasteiger partial charge in [-0.2, -0.15) is 4.31 Å². The first-order chi connectivity index (χ1) is 8.32. The number of sulfonamides is 1. The maximum atomic E-state index is 12.4. The van der Waals surface area contributed by atoms with Crippen LogP contribution >= 0.6 is 0 Å². The molecule has 2 unspecified atom stereocenters. The Kier molecular flexibility index (Phi) is 3.48. The highest BCUT2D eigenvalue weighted by Crippen LogP contribution is 2.25. The highest BCUT2D eigenvalue weighted by atomic mass is 32.2. The Morgan fingerprint density at radius 3 is 2.67 bits per heavy atom. The van der Waals surface area contributed by atoms with Crippen LogP contribution in [0, 0.1) is 12.8 Å². The fourth-order valence-electron chi connectivity index (χ4n) is 2.18. The van der Waals surface area contributed by atoms with Crippen molar-refractivity contribution in [3.8, 4) is 0 Å². The summed E-state index contributed by atoms with van der Waals surface area (Å²) in [6.45, 7) is 4.74. The number of hydrogen-bond acceptors (Lipinski definition) is 4. The maximum Gasteiger partial charge on any atom is 0.262 e. The summed E-state index contributed by atoms with van der Waals surface area (Å²) in [4.78, 5) is 4.10. The van der Waals surface area contributed by atoms with Gasteiger partial charge in [-0.15, -0.1) is 0 Å². The summed E-state index contributed by atoms with van der Waals surface area (Å²) in [6.07, 6.45) is 2.38. The third kappa shape index (κ3) is 2.30. The largest absolute Gasteiger partial charge is 0.337 e. The summed E-state index contributed by atoms with van der Waals surface area (Å²) >= 11 is 0.